The molecular weight excluding hydrogens is 334 g/mol. The van der Waals surface area contributed by atoms with Gasteiger partial charge in [-0.3, -0.25) is 9.71 Å². The van der Waals surface area contributed by atoms with Gasteiger partial charge >= 0.3 is 0 Å². The van der Waals surface area contributed by atoms with Gasteiger partial charge in [-0.15, -0.1) is 0 Å². The maximum absolute atomic E-state index is 12.2. The van der Waals surface area contributed by atoms with Crippen LogP contribution in [0.15, 0.2) is 40.1 Å². The summed E-state index contributed by atoms with van der Waals surface area (Å²) in [6.07, 6.45) is 4.44. The van der Waals surface area contributed by atoms with Crippen LogP contribution < -0.4 is 4.72 Å². The van der Waals surface area contributed by atoms with Crippen LogP contribution in [-0.2, 0) is 23.7 Å². The SMILES string of the molecule is Cn1cc(S(=O)(=O)Nc2ccncc2Br)cc1CO. The second-order valence-electron chi connectivity index (χ2n) is 3.90. The minimum absolute atomic E-state index is 0.0998. The molecule has 102 valence electrons. The first-order chi connectivity index (χ1) is 8.94. The Hall–Kier alpha value is -1.38. The maximum atomic E-state index is 12.2. The second-order valence-corrected chi connectivity index (χ2v) is 6.43. The van der Waals surface area contributed by atoms with E-state index in [1.165, 1.54) is 24.7 Å². The van der Waals surface area contributed by atoms with Crippen molar-refractivity contribution in [3.63, 3.8) is 0 Å². The lowest BCUT2D eigenvalue weighted by atomic mass is 10.4. The molecule has 2 heterocycles. The molecule has 0 amide bonds. The Morgan fingerprint density at radius 2 is 2.26 bits per heavy atom. The van der Waals surface area contributed by atoms with Crippen LogP contribution in [-0.4, -0.2) is 23.1 Å². The summed E-state index contributed by atoms with van der Waals surface area (Å²) in [4.78, 5) is 3.96. The fourth-order valence-corrected chi connectivity index (χ4v) is 3.20. The van der Waals surface area contributed by atoms with Gasteiger partial charge in [0.05, 0.1) is 16.8 Å². The van der Waals surface area contributed by atoms with E-state index in [4.69, 9.17) is 5.11 Å². The smallest absolute Gasteiger partial charge is 0.263 e. The molecule has 2 rings (SSSR count). The van der Waals surface area contributed by atoms with Crippen molar-refractivity contribution in [3.05, 3.63) is 40.9 Å². The van der Waals surface area contributed by atoms with E-state index in [0.29, 0.717) is 15.9 Å². The van der Waals surface area contributed by atoms with E-state index in [0.717, 1.165) is 0 Å². The predicted molar refractivity (Wildman–Crippen MR) is 74.1 cm³/mol. The molecular formula is C11H12BrN3O3S. The number of anilines is 1. The molecule has 8 heteroatoms. The summed E-state index contributed by atoms with van der Waals surface area (Å²) in [6.45, 7) is -0.217. The first-order valence-electron chi connectivity index (χ1n) is 5.32. The molecule has 0 aliphatic carbocycles. The monoisotopic (exact) mass is 345 g/mol. The van der Waals surface area contributed by atoms with Crippen LogP contribution >= 0.6 is 15.9 Å². The number of hydrogen-bond donors (Lipinski definition) is 2. The van der Waals surface area contributed by atoms with Crippen molar-refractivity contribution in [1.82, 2.24) is 9.55 Å². The minimum Gasteiger partial charge on any atom is -0.390 e. The van der Waals surface area contributed by atoms with Crippen molar-refractivity contribution in [2.45, 2.75) is 11.5 Å². The van der Waals surface area contributed by atoms with E-state index in [1.54, 1.807) is 17.7 Å². The van der Waals surface area contributed by atoms with Gasteiger partial charge in [0.2, 0.25) is 0 Å². The summed E-state index contributed by atoms with van der Waals surface area (Å²) in [7, 11) is -2.01. The van der Waals surface area contributed by atoms with Crippen LogP contribution in [0.2, 0.25) is 0 Å². The lowest BCUT2D eigenvalue weighted by molar-refractivity contribution is 0.272. The van der Waals surface area contributed by atoms with Crippen LogP contribution in [0.3, 0.4) is 0 Å². The summed E-state index contributed by atoms with van der Waals surface area (Å²) in [5.41, 5.74) is 0.929. The Bertz CT molecular complexity index is 697. The number of nitrogens with one attached hydrogen (secondary N) is 1. The van der Waals surface area contributed by atoms with E-state index < -0.39 is 10.0 Å². The first kappa shape index (κ1) is 14.0. The summed E-state index contributed by atoms with van der Waals surface area (Å²) in [6, 6.07) is 2.98. The van der Waals surface area contributed by atoms with Gasteiger partial charge in [-0.25, -0.2) is 8.42 Å². The molecule has 19 heavy (non-hydrogen) atoms. The van der Waals surface area contributed by atoms with Crippen LogP contribution in [0.1, 0.15) is 5.69 Å². The number of halogens is 1. The van der Waals surface area contributed by atoms with Gasteiger partial charge in [0.25, 0.3) is 10.0 Å². The Balaban J connectivity index is 2.35. The van der Waals surface area contributed by atoms with E-state index in [1.807, 2.05) is 0 Å². The number of aliphatic hydroxyl groups is 1. The summed E-state index contributed by atoms with van der Waals surface area (Å²) in [5.74, 6) is 0. The summed E-state index contributed by atoms with van der Waals surface area (Å²) >= 11 is 3.22. The van der Waals surface area contributed by atoms with Crippen molar-refractivity contribution in [3.8, 4) is 0 Å². The highest BCUT2D eigenvalue weighted by atomic mass is 79.9. The molecule has 0 atom stereocenters. The maximum Gasteiger partial charge on any atom is 0.263 e. The molecule has 6 nitrogen and oxygen atoms in total. The number of aromatic nitrogens is 2. The predicted octanol–water partition coefficient (Wildman–Crippen LogP) is 1.48. The standard InChI is InChI=1S/C11H12BrN3O3S/c1-15-6-9(4-8(15)7-16)19(17,18)14-11-2-3-13-5-10(11)12/h2-6,16H,7H2,1H3,(H,13,14). The van der Waals surface area contributed by atoms with Gasteiger partial charge in [-0.1, -0.05) is 0 Å². The van der Waals surface area contributed by atoms with Crippen molar-refractivity contribution >= 4 is 31.6 Å². The number of aliphatic hydroxyl groups excluding tert-OH is 1. The lowest BCUT2D eigenvalue weighted by Crippen LogP contribution is -2.12. The lowest BCUT2D eigenvalue weighted by Gasteiger charge is -2.07. The van der Waals surface area contributed by atoms with E-state index in [-0.39, 0.29) is 11.5 Å². The zero-order valence-corrected chi connectivity index (χ0v) is 12.4. The highest BCUT2D eigenvalue weighted by molar-refractivity contribution is 9.10. The molecule has 2 aromatic heterocycles. The molecule has 0 fully saturated rings. The molecule has 0 saturated carbocycles. The highest BCUT2D eigenvalue weighted by Crippen LogP contribution is 2.24. The normalized spacial score (nSPS) is 11.5. The van der Waals surface area contributed by atoms with E-state index in [2.05, 4.69) is 25.6 Å². The zero-order valence-electron chi connectivity index (χ0n) is 10.0. The van der Waals surface area contributed by atoms with Crippen molar-refractivity contribution in [1.29, 1.82) is 0 Å². The van der Waals surface area contributed by atoms with Crippen LogP contribution in [0.4, 0.5) is 5.69 Å². The number of pyridine rings is 1. The van der Waals surface area contributed by atoms with Crippen LogP contribution in [0, 0.1) is 0 Å². The molecule has 0 unspecified atom stereocenters. The Kier molecular flexibility index (Phi) is 3.93. The van der Waals surface area contributed by atoms with Crippen molar-refractivity contribution in [2.24, 2.45) is 7.05 Å². The van der Waals surface area contributed by atoms with Gasteiger partial charge in [-0.05, 0) is 28.1 Å². The Morgan fingerprint density at radius 3 is 2.84 bits per heavy atom. The summed E-state index contributed by atoms with van der Waals surface area (Å²) < 4.78 is 29.0. The van der Waals surface area contributed by atoms with Crippen molar-refractivity contribution < 1.29 is 13.5 Å². The van der Waals surface area contributed by atoms with Gasteiger partial charge in [0.15, 0.2) is 0 Å². The molecule has 0 bridgehead atoms. The third-order valence-electron chi connectivity index (χ3n) is 2.57. The second kappa shape index (κ2) is 5.32. The molecule has 0 radical (unpaired) electrons. The number of nitrogens with zero attached hydrogens (tertiary/aromatic N) is 2. The average molecular weight is 346 g/mol. The molecule has 0 aliphatic rings. The molecule has 2 N–H and O–H groups in total. The highest BCUT2D eigenvalue weighted by Gasteiger charge is 2.18. The zero-order chi connectivity index (χ0) is 14.0. The summed E-state index contributed by atoms with van der Waals surface area (Å²) in [5, 5.41) is 9.08. The third-order valence-corrected chi connectivity index (χ3v) is 4.54. The van der Waals surface area contributed by atoms with Crippen LogP contribution in [0.25, 0.3) is 0 Å². The fourth-order valence-electron chi connectivity index (χ4n) is 1.54. The topological polar surface area (TPSA) is 84.2 Å². The van der Waals surface area contributed by atoms with Gasteiger partial charge in [0, 0.05) is 31.3 Å². The van der Waals surface area contributed by atoms with Crippen molar-refractivity contribution in [2.75, 3.05) is 4.72 Å². The molecule has 0 saturated heterocycles. The number of aryl methyl sites for hydroxylation is 1. The average Bonchev–Trinajstić information content (AvgIpc) is 2.74. The largest absolute Gasteiger partial charge is 0.390 e. The number of sulfonamides is 1. The molecule has 0 aromatic carbocycles. The molecule has 2 aromatic rings. The molecule has 0 aliphatic heterocycles. The van der Waals surface area contributed by atoms with E-state index in [9.17, 15) is 8.42 Å². The quantitative estimate of drug-likeness (QED) is 0.878. The fraction of sp³-hybridized carbons (Fsp3) is 0.182. The number of hydrogen-bond acceptors (Lipinski definition) is 4. The molecule has 0 spiro atoms. The van der Waals surface area contributed by atoms with Gasteiger partial charge < -0.3 is 9.67 Å². The number of rotatable bonds is 4. The Labute approximate surface area is 119 Å². The van der Waals surface area contributed by atoms with Crippen LogP contribution in [0.5, 0.6) is 0 Å². The Morgan fingerprint density at radius 1 is 1.53 bits per heavy atom. The van der Waals surface area contributed by atoms with Gasteiger partial charge in [-0.2, -0.15) is 0 Å². The minimum atomic E-state index is -3.69. The third kappa shape index (κ3) is 2.96. The van der Waals surface area contributed by atoms with E-state index >= 15 is 0 Å². The first-order valence-corrected chi connectivity index (χ1v) is 7.60. The van der Waals surface area contributed by atoms with Gasteiger partial charge in [0.1, 0.15) is 4.90 Å².